The summed E-state index contributed by atoms with van der Waals surface area (Å²) in [6.45, 7) is 3.32. The third-order valence-corrected chi connectivity index (χ3v) is 2.76. The topological polar surface area (TPSA) is 111 Å². The fourth-order valence-corrected chi connectivity index (χ4v) is 1.76. The van der Waals surface area contributed by atoms with Crippen LogP contribution in [0.15, 0.2) is 0 Å². The molecular formula is C10H19N3O4S. The summed E-state index contributed by atoms with van der Waals surface area (Å²) in [4.78, 5) is 32.8. The van der Waals surface area contributed by atoms with Crippen molar-refractivity contribution in [2.24, 2.45) is 5.73 Å². The molecule has 0 rings (SSSR count). The predicted octanol–water partition coefficient (Wildman–Crippen LogP) is -0.833. The highest BCUT2D eigenvalue weighted by molar-refractivity contribution is 7.99. The Morgan fingerprint density at radius 2 is 2.00 bits per heavy atom. The molecule has 104 valence electrons. The first-order chi connectivity index (χ1) is 8.47. The molecule has 8 heteroatoms. The van der Waals surface area contributed by atoms with Crippen molar-refractivity contribution in [3.05, 3.63) is 0 Å². The van der Waals surface area contributed by atoms with Gasteiger partial charge in [0.2, 0.25) is 11.8 Å². The quantitative estimate of drug-likeness (QED) is 0.318. The molecule has 0 spiro atoms. The van der Waals surface area contributed by atoms with E-state index in [4.69, 9.17) is 10.5 Å². The molecule has 0 radical (unpaired) electrons. The van der Waals surface area contributed by atoms with Gasteiger partial charge in [0.15, 0.2) is 0 Å². The highest BCUT2D eigenvalue weighted by atomic mass is 32.2. The molecule has 0 aliphatic heterocycles. The minimum Gasteiger partial charge on any atom is -0.465 e. The summed E-state index contributed by atoms with van der Waals surface area (Å²) in [5.41, 5.74) is 9.98. The molecule has 0 aliphatic carbocycles. The van der Waals surface area contributed by atoms with E-state index in [9.17, 15) is 14.4 Å². The first-order valence-electron chi connectivity index (χ1n) is 5.52. The average molecular weight is 277 g/mol. The van der Waals surface area contributed by atoms with Gasteiger partial charge < -0.3 is 10.5 Å². The average Bonchev–Trinajstić information content (AvgIpc) is 2.32. The summed E-state index contributed by atoms with van der Waals surface area (Å²) in [5.74, 6) is -0.318. The Bertz CT molecular complexity index is 299. The molecule has 1 atom stereocenters. The molecule has 0 saturated carbocycles. The van der Waals surface area contributed by atoms with E-state index in [2.05, 4.69) is 10.9 Å². The minimum atomic E-state index is -0.657. The van der Waals surface area contributed by atoms with E-state index in [1.54, 1.807) is 6.92 Å². The number of hydrogen-bond acceptors (Lipinski definition) is 6. The monoisotopic (exact) mass is 277 g/mol. The fourth-order valence-electron chi connectivity index (χ4n) is 0.936. The Morgan fingerprint density at radius 1 is 1.33 bits per heavy atom. The molecule has 0 heterocycles. The third-order valence-electron chi connectivity index (χ3n) is 1.77. The normalized spacial score (nSPS) is 11.5. The standard InChI is InChI=1S/C10H19N3O4S/c1-3-17-10(16)8(11)4-5-18-6-9(15)13-12-7(2)14/h8H,3-6,11H2,1-2H3,(H,12,14)(H,13,15). The van der Waals surface area contributed by atoms with E-state index in [0.717, 1.165) is 0 Å². The summed E-state index contributed by atoms with van der Waals surface area (Å²) in [6, 6.07) is -0.657. The van der Waals surface area contributed by atoms with E-state index >= 15 is 0 Å². The molecule has 0 aromatic rings. The zero-order chi connectivity index (χ0) is 14.0. The lowest BCUT2D eigenvalue weighted by Gasteiger charge is -2.10. The van der Waals surface area contributed by atoms with Crippen LogP contribution < -0.4 is 16.6 Å². The molecule has 0 bridgehead atoms. The number of amides is 2. The molecule has 7 nitrogen and oxygen atoms in total. The van der Waals surface area contributed by atoms with Crippen LogP contribution >= 0.6 is 11.8 Å². The van der Waals surface area contributed by atoms with Crippen LogP contribution in [0.4, 0.5) is 0 Å². The lowest BCUT2D eigenvalue weighted by molar-refractivity contribution is -0.144. The van der Waals surface area contributed by atoms with Crippen LogP contribution in [0.2, 0.25) is 0 Å². The molecule has 0 fully saturated rings. The van der Waals surface area contributed by atoms with Gasteiger partial charge in [0.25, 0.3) is 0 Å². The van der Waals surface area contributed by atoms with Crippen molar-refractivity contribution in [2.45, 2.75) is 26.3 Å². The lowest BCUT2D eigenvalue weighted by Crippen LogP contribution is -2.41. The number of carbonyl (C=O) groups is 3. The van der Waals surface area contributed by atoms with Crippen LogP contribution in [0, 0.1) is 0 Å². The van der Waals surface area contributed by atoms with Gasteiger partial charge in [-0.2, -0.15) is 11.8 Å². The van der Waals surface area contributed by atoms with Crippen molar-refractivity contribution in [3.63, 3.8) is 0 Å². The second kappa shape index (κ2) is 9.72. The van der Waals surface area contributed by atoms with Crippen LogP contribution in [0.1, 0.15) is 20.3 Å². The number of esters is 1. The maximum absolute atomic E-state index is 11.2. The number of nitrogens with one attached hydrogen (secondary N) is 2. The minimum absolute atomic E-state index is 0.190. The third kappa shape index (κ3) is 8.82. The number of rotatable bonds is 7. The number of hydrazine groups is 1. The Morgan fingerprint density at radius 3 is 2.56 bits per heavy atom. The number of thioether (sulfide) groups is 1. The number of hydrogen-bond donors (Lipinski definition) is 3. The highest BCUT2D eigenvalue weighted by Crippen LogP contribution is 2.04. The maximum atomic E-state index is 11.2. The van der Waals surface area contributed by atoms with E-state index < -0.39 is 12.0 Å². The smallest absolute Gasteiger partial charge is 0.322 e. The van der Waals surface area contributed by atoms with E-state index in [0.29, 0.717) is 18.8 Å². The zero-order valence-electron chi connectivity index (χ0n) is 10.5. The van der Waals surface area contributed by atoms with Crippen LogP contribution in [0.5, 0.6) is 0 Å². The van der Waals surface area contributed by atoms with E-state index in [1.165, 1.54) is 18.7 Å². The van der Waals surface area contributed by atoms with Gasteiger partial charge in [-0.1, -0.05) is 0 Å². The Hall–Kier alpha value is -1.28. The molecule has 0 saturated heterocycles. The first-order valence-corrected chi connectivity index (χ1v) is 6.68. The van der Waals surface area contributed by atoms with Crippen molar-refractivity contribution in [1.29, 1.82) is 0 Å². The van der Waals surface area contributed by atoms with E-state index in [1.807, 2.05) is 0 Å². The van der Waals surface area contributed by atoms with Gasteiger partial charge in [-0.3, -0.25) is 25.2 Å². The second-order valence-electron chi connectivity index (χ2n) is 3.43. The van der Waals surface area contributed by atoms with Crippen LogP contribution in [0.3, 0.4) is 0 Å². The predicted molar refractivity (Wildman–Crippen MR) is 68.5 cm³/mol. The summed E-state index contributed by atoms with van der Waals surface area (Å²) in [6.07, 6.45) is 0.441. The number of nitrogens with two attached hydrogens (primary N) is 1. The van der Waals surface area contributed by atoms with Crippen molar-refractivity contribution in [3.8, 4) is 0 Å². The SMILES string of the molecule is CCOC(=O)C(N)CCSCC(=O)NNC(C)=O. The molecule has 2 amide bonds. The summed E-state index contributed by atoms with van der Waals surface area (Å²) < 4.78 is 4.75. The van der Waals surface area contributed by atoms with Gasteiger partial charge >= 0.3 is 5.97 Å². The highest BCUT2D eigenvalue weighted by Gasteiger charge is 2.14. The molecule has 0 aliphatic rings. The maximum Gasteiger partial charge on any atom is 0.322 e. The second-order valence-corrected chi connectivity index (χ2v) is 4.53. The van der Waals surface area contributed by atoms with Gasteiger partial charge in [-0.15, -0.1) is 0 Å². The number of ether oxygens (including phenoxy) is 1. The van der Waals surface area contributed by atoms with Crippen LogP contribution in [-0.4, -0.2) is 41.9 Å². The zero-order valence-corrected chi connectivity index (χ0v) is 11.3. The van der Waals surface area contributed by atoms with Crippen molar-refractivity contribution >= 4 is 29.5 Å². The first kappa shape index (κ1) is 16.7. The van der Waals surface area contributed by atoms with Gasteiger partial charge in [0.1, 0.15) is 6.04 Å². The summed E-state index contributed by atoms with van der Waals surface area (Å²) in [5, 5.41) is 0. The molecule has 4 N–H and O–H groups in total. The van der Waals surface area contributed by atoms with Crippen molar-refractivity contribution in [1.82, 2.24) is 10.9 Å². The Kier molecular flexibility index (Phi) is 9.03. The molecular weight excluding hydrogens is 258 g/mol. The van der Waals surface area contributed by atoms with Crippen LogP contribution in [0.25, 0.3) is 0 Å². The van der Waals surface area contributed by atoms with Gasteiger partial charge in [0.05, 0.1) is 12.4 Å². The Balaban J connectivity index is 3.57. The van der Waals surface area contributed by atoms with Crippen LogP contribution in [-0.2, 0) is 19.1 Å². The molecule has 0 aromatic carbocycles. The van der Waals surface area contributed by atoms with Gasteiger partial charge in [0, 0.05) is 6.92 Å². The molecule has 0 aromatic heterocycles. The fraction of sp³-hybridized carbons (Fsp3) is 0.700. The lowest BCUT2D eigenvalue weighted by atomic mass is 10.2. The van der Waals surface area contributed by atoms with Gasteiger partial charge in [-0.25, -0.2) is 0 Å². The summed E-state index contributed by atoms with van der Waals surface area (Å²) >= 11 is 1.33. The largest absolute Gasteiger partial charge is 0.465 e. The van der Waals surface area contributed by atoms with E-state index in [-0.39, 0.29) is 17.6 Å². The van der Waals surface area contributed by atoms with Gasteiger partial charge in [-0.05, 0) is 19.1 Å². The Labute approximate surface area is 110 Å². The van der Waals surface area contributed by atoms with Crippen molar-refractivity contribution < 1.29 is 19.1 Å². The summed E-state index contributed by atoms with van der Waals surface area (Å²) in [7, 11) is 0. The number of carbonyl (C=O) groups excluding carboxylic acids is 3. The molecule has 1 unspecified atom stereocenters. The van der Waals surface area contributed by atoms with Crippen molar-refractivity contribution in [2.75, 3.05) is 18.1 Å². The molecule has 18 heavy (non-hydrogen) atoms.